The van der Waals surface area contributed by atoms with Crippen LogP contribution in [-0.4, -0.2) is 54.2 Å². The van der Waals surface area contributed by atoms with Gasteiger partial charge in [-0.05, 0) is 42.5 Å². The van der Waals surface area contributed by atoms with Crippen molar-refractivity contribution in [1.29, 1.82) is 0 Å². The van der Waals surface area contributed by atoms with Gasteiger partial charge in [-0.2, -0.15) is 0 Å². The van der Waals surface area contributed by atoms with Crippen molar-refractivity contribution in [3.05, 3.63) is 53.8 Å². The molecule has 2 aromatic carbocycles. The van der Waals surface area contributed by atoms with Crippen molar-refractivity contribution in [3.63, 3.8) is 0 Å². The van der Waals surface area contributed by atoms with Crippen molar-refractivity contribution < 1.29 is 27.2 Å². The molecule has 0 aliphatic carbocycles. The lowest BCUT2D eigenvalue weighted by Crippen LogP contribution is -3.15. The summed E-state index contributed by atoms with van der Waals surface area (Å²) >= 11 is 0. The van der Waals surface area contributed by atoms with Crippen LogP contribution in [0.1, 0.15) is 11.6 Å². The number of rotatable bonds is 6. The number of anilines is 1. The van der Waals surface area contributed by atoms with Crippen molar-refractivity contribution in [3.8, 4) is 11.5 Å². The van der Waals surface area contributed by atoms with E-state index >= 15 is 0 Å². The molecule has 29 heavy (non-hydrogen) atoms. The van der Waals surface area contributed by atoms with Gasteiger partial charge in [0.1, 0.15) is 11.9 Å². The minimum absolute atomic E-state index is 0.0467. The van der Waals surface area contributed by atoms with E-state index in [0.717, 1.165) is 37.4 Å². The molecular formula is C20H25FN3O4S+. The Labute approximate surface area is 170 Å². The van der Waals surface area contributed by atoms with Crippen LogP contribution in [0.25, 0.3) is 0 Å². The van der Waals surface area contributed by atoms with E-state index in [1.807, 2.05) is 18.2 Å². The molecule has 2 aliphatic rings. The van der Waals surface area contributed by atoms with Crippen molar-refractivity contribution >= 4 is 15.7 Å². The Hall–Kier alpha value is -2.36. The minimum Gasteiger partial charge on any atom is -0.454 e. The molecule has 1 fully saturated rings. The molecule has 0 aromatic heterocycles. The summed E-state index contributed by atoms with van der Waals surface area (Å²) in [5.74, 6) is 1.16. The largest absolute Gasteiger partial charge is 0.454 e. The highest BCUT2D eigenvalue weighted by molar-refractivity contribution is 7.88. The molecule has 0 amide bonds. The first-order valence-corrected chi connectivity index (χ1v) is 11.5. The zero-order valence-corrected chi connectivity index (χ0v) is 17.0. The maximum absolute atomic E-state index is 13.2. The molecule has 0 bridgehead atoms. The predicted molar refractivity (Wildman–Crippen MR) is 107 cm³/mol. The van der Waals surface area contributed by atoms with Gasteiger partial charge in [0, 0.05) is 11.3 Å². The number of halogens is 1. The highest BCUT2D eigenvalue weighted by Crippen LogP contribution is 2.33. The van der Waals surface area contributed by atoms with Gasteiger partial charge in [0.15, 0.2) is 11.5 Å². The number of nitrogens with zero attached hydrogens (tertiary/aromatic N) is 1. The fraction of sp³-hybridized carbons (Fsp3) is 0.400. The normalized spacial score (nSPS) is 18.1. The standard InChI is InChI=1S/C20H24FN3O4S/c1-29(25,26)22-13-18(15-2-7-19-20(12-15)28-14-27-19)24-10-8-23(9-11-24)17-5-3-16(21)4-6-17/h2-7,12,18,22H,8-11,13-14H2,1H3/p+1/t18-/m1/s1. The SMILES string of the molecule is CS(=O)(=O)NC[C@H](c1ccc2c(c1)OCO2)[NH+]1CCN(c2ccc(F)cc2)CC1. The smallest absolute Gasteiger partial charge is 0.231 e. The van der Waals surface area contributed by atoms with Gasteiger partial charge in [-0.15, -0.1) is 0 Å². The fourth-order valence-electron chi connectivity index (χ4n) is 3.91. The molecule has 0 unspecified atom stereocenters. The van der Waals surface area contributed by atoms with Gasteiger partial charge in [-0.1, -0.05) is 0 Å². The monoisotopic (exact) mass is 422 g/mol. The molecule has 2 N–H and O–H groups in total. The molecule has 0 radical (unpaired) electrons. The molecule has 2 aromatic rings. The van der Waals surface area contributed by atoms with E-state index in [1.165, 1.54) is 23.3 Å². The molecule has 4 rings (SSSR count). The third-order valence-electron chi connectivity index (χ3n) is 5.44. The lowest BCUT2D eigenvalue weighted by atomic mass is 10.0. The van der Waals surface area contributed by atoms with Crippen LogP contribution in [0.15, 0.2) is 42.5 Å². The number of benzene rings is 2. The number of piperazine rings is 1. The summed E-state index contributed by atoms with van der Waals surface area (Å²) in [6, 6.07) is 12.3. The summed E-state index contributed by atoms with van der Waals surface area (Å²) in [5.41, 5.74) is 2.01. The lowest BCUT2D eigenvalue weighted by Gasteiger charge is -2.37. The Morgan fingerprint density at radius 3 is 2.48 bits per heavy atom. The quantitative estimate of drug-likeness (QED) is 0.712. The highest BCUT2D eigenvalue weighted by Gasteiger charge is 2.30. The highest BCUT2D eigenvalue weighted by atomic mass is 32.2. The van der Waals surface area contributed by atoms with Crippen LogP contribution in [0.2, 0.25) is 0 Å². The van der Waals surface area contributed by atoms with Gasteiger partial charge < -0.3 is 19.3 Å². The maximum atomic E-state index is 13.2. The summed E-state index contributed by atoms with van der Waals surface area (Å²) in [6.07, 6.45) is 1.17. The third kappa shape index (κ3) is 4.80. The van der Waals surface area contributed by atoms with E-state index in [1.54, 1.807) is 12.1 Å². The summed E-state index contributed by atoms with van der Waals surface area (Å²) in [6.45, 7) is 3.80. The molecule has 0 spiro atoms. The molecule has 0 saturated carbocycles. The van der Waals surface area contributed by atoms with Crippen molar-refractivity contribution in [2.45, 2.75) is 6.04 Å². The average Bonchev–Trinajstić information content (AvgIpc) is 3.16. The first-order chi connectivity index (χ1) is 13.9. The van der Waals surface area contributed by atoms with Crippen LogP contribution in [0.3, 0.4) is 0 Å². The Balaban J connectivity index is 1.50. The predicted octanol–water partition coefficient (Wildman–Crippen LogP) is 0.550. The van der Waals surface area contributed by atoms with Gasteiger partial charge in [-0.25, -0.2) is 17.5 Å². The second kappa shape index (κ2) is 8.17. The maximum Gasteiger partial charge on any atom is 0.231 e. The van der Waals surface area contributed by atoms with Crippen molar-refractivity contribution in [2.24, 2.45) is 0 Å². The Bertz CT molecular complexity index is 960. The first kappa shape index (κ1) is 19.9. The van der Waals surface area contributed by atoms with E-state index in [2.05, 4.69) is 9.62 Å². The summed E-state index contributed by atoms with van der Waals surface area (Å²) in [7, 11) is -3.30. The first-order valence-electron chi connectivity index (χ1n) is 9.58. The third-order valence-corrected chi connectivity index (χ3v) is 6.13. The van der Waals surface area contributed by atoms with E-state index in [0.29, 0.717) is 18.0 Å². The number of fused-ring (bicyclic) bond motifs is 1. The second-order valence-electron chi connectivity index (χ2n) is 7.41. The van der Waals surface area contributed by atoms with E-state index in [4.69, 9.17) is 9.47 Å². The van der Waals surface area contributed by atoms with E-state index < -0.39 is 10.0 Å². The zero-order chi connectivity index (χ0) is 20.4. The van der Waals surface area contributed by atoms with Crippen molar-refractivity contribution in [1.82, 2.24) is 4.72 Å². The molecule has 1 atom stereocenters. The molecule has 1 saturated heterocycles. The molecule has 2 aliphatic heterocycles. The van der Waals surface area contributed by atoms with Crippen LogP contribution in [-0.2, 0) is 10.0 Å². The molecule has 9 heteroatoms. The van der Waals surface area contributed by atoms with Gasteiger partial charge in [0.2, 0.25) is 16.8 Å². The van der Waals surface area contributed by atoms with E-state index in [9.17, 15) is 12.8 Å². The van der Waals surface area contributed by atoms with Gasteiger partial charge in [0.05, 0.1) is 39.0 Å². The Morgan fingerprint density at radius 2 is 1.79 bits per heavy atom. The second-order valence-corrected chi connectivity index (χ2v) is 9.24. The Kier molecular flexibility index (Phi) is 5.62. The van der Waals surface area contributed by atoms with Crippen LogP contribution in [0.4, 0.5) is 10.1 Å². The Morgan fingerprint density at radius 1 is 1.10 bits per heavy atom. The topological polar surface area (TPSA) is 72.3 Å². The summed E-state index contributed by atoms with van der Waals surface area (Å²) < 4.78 is 50.1. The summed E-state index contributed by atoms with van der Waals surface area (Å²) in [5, 5.41) is 0. The number of hydrogen-bond donors (Lipinski definition) is 2. The minimum atomic E-state index is -3.30. The van der Waals surface area contributed by atoms with Gasteiger partial charge in [0.25, 0.3) is 0 Å². The number of hydrogen-bond acceptors (Lipinski definition) is 5. The molecule has 7 nitrogen and oxygen atoms in total. The molecular weight excluding hydrogens is 397 g/mol. The van der Waals surface area contributed by atoms with Crippen LogP contribution < -0.4 is 24.0 Å². The lowest BCUT2D eigenvalue weighted by molar-refractivity contribution is -0.930. The summed E-state index contributed by atoms with van der Waals surface area (Å²) in [4.78, 5) is 3.52. The van der Waals surface area contributed by atoms with Crippen LogP contribution >= 0.6 is 0 Å². The van der Waals surface area contributed by atoms with Crippen LogP contribution in [0.5, 0.6) is 11.5 Å². The van der Waals surface area contributed by atoms with Gasteiger partial charge in [-0.3, -0.25) is 0 Å². The number of sulfonamides is 1. The van der Waals surface area contributed by atoms with Gasteiger partial charge >= 0.3 is 0 Å². The number of quaternary nitrogens is 1. The van der Waals surface area contributed by atoms with Crippen LogP contribution in [0, 0.1) is 5.82 Å². The number of ether oxygens (including phenoxy) is 2. The zero-order valence-electron chi connectivity index (χ0n) is 16.2. The van der Waals surface area contributed by atoms with E-state index in [-0.39, 0.29) is 18.7 Å². The number of nitrogens with one attached hydrogen (secondary N) is 2. The molecule has 2 heterocycles. The average molecular weight is 423 g/mol. The fourth-order valence-corrected chi connectivity index (χ4v) is 4.38. The van der Waals surface area contributed by atoms with Crippen molar-refractivity contribution in [2.75, 3.05) is 50.7 Å². The molecule has 156 valence electrons.